The van der Waals surface area contributed by atoms with Crippen molar-refractivity contribution in [2.45, 2.75) is 237 Å². The van der Waals surface area contributed by atoms with E-state index in [0.29, 0.717) is 44.3 Å². The third-order valence-electron chi connectivity index (χ3n) is 21.5. The van der Waals surface area contributed by atoms with Crippen molar-refractivity contribution in [2.24, 2.45) is 23.7 Å². The summed E-state index contributed by atoms with van der Waals surface area (Å²) in [6.07, 6.45) is 2.76. The molecule has 6 aliphatic rings. The molecule has 4 heterocycles. The molecule has 546 valence electrons. The Morgan fingerprint density at radius 2 is 1.29 bits per heavy atom. The first kappa shape index (κ1) is 78.3. The Bertz CT molecular complexity index is 3120. The van der Waals surface area contributed by atoms with Gasteiger partial charge in [-0.15, -0.1) is 0 Å². The second kappa shape index (κ2) is 33.4. The Morgan fingerprint density at radius 3 is 1.86 bits per heavy atom. The molecule has 4 aliphatic heterocycles. The average Bonchev–Trinajstić information content (AvgIpc) is 1.55. The van der Waals surface area contributed by atoms with Crippen molar-refractivity contribution < 1.29 is 70.7 Å². The van der Waals surface area contributed by atoms with Crippen LogP contribution in [0.1, 0.15) is 175 Å². The second-order valence-electron chi connectivity index (χ2n) is 29.3. The van der Waals surface area contributed by atoms with E-state index in [2.05, 4.69) is 16.0 Å². The van der Waals surface area contributed by atoms with E-state index in [4.69, 9.17) is 11.6 Å². The predicted octanol–water partition coefficient (Wildman–Crippen LogP) is 5.25. The quantitative estimate of drug-likeness (QED) is 0.257. The van der Waals surface area contributed by atoms with E-state index in [-0.39, 0.29) is 76.3 Å². The molecule has 3 N–H and O–H groups in total. The van der Waals surface area contributed by atoms with Crippen molar-refractivity contribution in [3.63, 3.8) is 0 Å². The topological polar surface area (TPSA) is 270 Å². The van der Waals surface area contributed by atoms with Gasteiger partial charge in [0.25, 0.3) is 0 Å². The maximum atomic E-state index is 15.2. The van der Waals surface area contributed by atoms with Crippen LogP contribution in [0.3, 0.4) is 0 Å². The van der Waals surface area contributed by atoms with Gasteiger partial charge in [0.05, 0.1) is 23.6 Å². The van der Waals surface area contributed by atoms with Crippen LogP contribution in [0, 0.1) is 23.7 Å². The summed E-state index contributed by atoms with van der Waals surface area (Å²) in [5, 5.41) is 8.01. The monoisotopic (exact) mass is 1400 g/mol. The van der Waals surface area contributed by atoms with Gasteiger partial charge < -0.3 is 60.0 Å². The molecule has 0 unspecified atom stereocenters. The fourth-order valence-corrected chi connectivity index (χ4v) is 15.0. The molecule has 10 atom stereocenters. The summed E-state index contributed by atoms with van der Waals surface area (Å²) in [5.74, 6) is -8.94. The fraction of sp³-hybridized carbons (Fsp3) is 0.743. The summed E-state index contributed by atoms with van der Waals surface area (Å²) in [6.45, 7) is 12.6. The van der Waals surface area contributed by atoms with Gasteiger partial charge in [-0.1, -0.05) is 97.7 Å². The molecule has 12 amide bonds. The lowest BCUT2D eigenvalue weighted by Crippen LogP contribution is -2.65. The van der Waals surface area contributed by atoms with Crippen molar-refractivity contribution in [3.8, 4) is 0 Å². The molecular weight excluding hydrogens is 1290 g/mol. The number of rotatable bonds is 11. The standard InChI is InChI=1S/C70H106ClF3N12O12/c1-14-43(6)57-66(96)79(9)44(7)61(91)86-35-29-51(86)64(94)81(11)53(38-45-22-17-15-18-23-45)63(93)78(8)40-55(87)75-49(28-26-46-25-27-47(48(71)37-46)70(72,73)74)62(92)85-34-21-24-50(85)60(90)77-69(30-31-69)68(98)83(13)58(42(4)5)67(97)82(12)54(65(95)84-32-19-16-20-33-84)39-56(88)80(10)52(36-41(2)3)59(89)76-57/h25,27,37,41-45,49-54,57-58H,14-24,26,28-36,38-40H2,1-13H3,(H,75,87)(H,76,89)(H,77,90)/t43-,44-,49-,50-,51-,52-,53-,54-,57-,58-/m0/s1. The van der Waals surface area contributed by atoms with E-state index in [1.54, 1.807) is 25.7 Å². The van der Waals surface area contributed by atoms with E-state index in [1.165, 1.54) is 89.6 Å². The SMILES string of the molecule is CC[C@H](C)[C@@H]1NC(=O)[C@H](CC(C)C)N(C)C(=O)C[C@@H](C(=O)N2CCCCC2)N(C)C(=O)[C@H](C(C)C)N(C)C(=O)C2(CC2)NC(=O)[C@@H]2CCCN2C(=O)[C@H](CCc2ccc(C(F)(F)F)c(Cl)c2)NC(=O)CN(C)C(=O)[C@H](CC2CCCCC2)N(C)C(=O)[C@@H]2CCN2C(=O)[C@H](C)N(C)C1=O. The van der Waals surface area contributed by atoms with Crippen molar-refractivity contribution in [1.29, 1.82) is 0 Å². The molecule has 1 spiro atoms. The number of fused-ring (bicyclic) bond motifs is 2. The van der Waals surface area contributed by atoms with E-state index in [1.807, 2.05) is 20.8 Å². The number of nitrogens with one attached hydrogen (secondary N) is 3. The number of benzene rings is 1. The number of piperidine rings is 1. The number of hydrogen-bond donors (Lipinski definition) is 3. The molecule has 24 nitrogen and oxygen atoms in total. The number of amides is 12. The molecule has 0 radical (unpaired) electrons. The van der Waals surface area contributed by atoms with E-state index >= 15 is 14.4 Å². The van der Waals surface area contributed by atoms with Gasteiger partial charge in [-0.05, 0) is 125 Å². The first-order chi connectivity index (χ1) is 46.0. The van der Waals surface area contributed by atoms with Crippen LogP contribution in [0.25, 0.3) is 0 Å². The number of nitrogens with zero attached hydrogens (tertiary/aromatic N) is 9. The molecule has 1 aromatic rings. The predicted molar refractivity (Wildman–Crippen MR) is 360 cm³/mol. The molecule has 2 saturated carbocycles. The number of carbonyl (C=O) groups is 12. The fourth-order valence-electron chi connectivity index (χ4n) is 14.7. The maximum absolute atomic E-state index is 15.2. The zero-order valence-corrected chi connectivity index (χ0v) is 60.4. The number of likely N-dealkylation sites (N-methyl/N-ethyl adjacent to an activating group) is 6. The van der Waals surface area contributed by atoms with Crippen LogP contribution in [0.5, 0.6) is 0 Å². The van der Waals surface area contributed by atoms with E-state index in [9.17, 15) is 56.3 Å². The minimum Gasteiger partial charge on any atom is -0.343 e. The Balaban J connectivity index is 1.26. The highest BCUT2D eigenvalue weighted by Crippen LogP contribution is 2.40. The highest BCUT2D eigenvalue weighted by Gasteiger charge is 2.56. The van der Waals surface area contributed by atoms with Crippen molar-refractivity contribution in [1.82, 2.24) is 60.0 Å². The molecule has 28 heteroatoms. The molecular formula is C70H106ClF3N12O12. The molecule has 2 aliphatic carbocycles. The van der Waals surface area contributed by atoms with E-state index in [0.717, 1.165) is 55.6 Å². The van der Waals surface area contributed by atoms with Crippen LogP contribution < -0.4 is 16.0 Å². The minimum atomic E-state index is -4.76. The average molecular weight is 1400 g/mol. The third kappa shape index (κ3) is 18.3. The van der Waals surface area contributed by atoms with Crippen LogP contribution in [0.2, 0.25) is 5.02 Å². The van der Waals surface area contributed by atoms with Gasteiger partial charge in [0, 0.05) is 68.5 Å². The Morgan fingerprint density at radius 1 is 0.653 bits per heavy atom. The molecule has 0 bridgehead atoms. The van der Waals surface area contributed by atoms with Crippen molar-refractivity contribution in [2.75, 3.05) is 75.0 Å². The van der Waals surface area contributed by atoms with Gasteiger partial charge in [0.2, 0.25) is 70.9 Å². The van der Waals surface area contributed by atoms with Crippen LogP contribution in [0.4, 0.5) is 13.2 Å². The molecule has 4 saturated heterocycles. The van der Waals surface area contributed by atoms with Crippen LogP contribution in [-0.2, 0) is 70.1 Å². The largest absolute Gasteiger partial charge is 0.417 e. The van der Waals surface area contributed by atoms with Gasteiger partial charge in [-0.25, -0.2) is 0 Å². The summed E-state index contributed by atoms with van der Waals surface area (Å²) in [6, 6.07) is -7.82. The van der Waals surface area contributed by atoms with Crippen molar-refractivity contribution in [3.05, 3.63) is 34.3 Å². The summed E-state index contributed by atoms with van der Waals surface area (Å²) < 4.78 is 41.5. The normalized spacial score (nSPS) is 27.9. The zero-order valence-electron chi connectivity index (χ0n) is 59.6. The Kier molecular flexibility index (Phi) is 26.7. The summed E-state index contributed by atoms with van der Waals surface area (Å²) in [4.78, 5) is 190. The first-order valence-corrected chi connectivity index (χ1v) is 35.7. The Hall–Kier alpha value is -7.06. The van der Waals surface area contributed by atoms with Gasteiger partial charge >= 0.3 is 6.18 Å². The summed E-state index contributed by atoms with van der Waals surface area (Å²) >= 11 is 6.13. The number of hydrogen-bond acceptors (Lipinski definition) is 12. The van der Waals surface area contributed by atoms with Gasteiger partial charge in [-0.2, -0.15) is 13.2 Å². The number of alkyl halides is 3. The minimum absolute atomic E-state index is 0.0240. The zero-order chi connectivity index (χ0) is 72.6. The lowest BCUT2D eigenvalue weighted by Gasteiger charge is -2.45. The second-order valence-corrected chi connectivity index (χ2v) is 29.7. The number of halogens is 4. The molecule has 6 fully saturated rings. The number of likely N-dealkylation sites (tertiary alicyclic amines) is 1. The lowest BCUT2D eigenvalue weighted by molar-refractivity contribution is -0.160. The lowest BCUT2D eigenvalue weighted by atomic mass is 9.84. The van der Waals surface area contributed by atoms with Crippen LogP contribution in [-0.4, -0.2) is 250 Å². The highest BCUT2D eigenvalue weighted by atomic mass is 35.5. The smallest absolute Gasteiger partial charge is 0.343 e. The van der Waals surface area contributed by atoms with Gasteiger partial charge in [0.1, 0.15) is 59.9 Å². The maximum Gasteiger partial charge on any atom is 0.417 e. The van der Waals surface area contributed by atoms with Crippen LogP contribution >= 0.6 is 11.6 Å². The number of carbonyl (C=O) groups excluding carboxylic acids is 12. The Labute approximate surface area is 580 Å². The van der Waals surface area contributed by atoms with E-state index < -0.39 is 172 Å². The van der Waals surface area contributed by atoms with Gasteiger partial charge in [0.15, 0.2) is 0 Å². The van der Waals surface area contributed by atoms with Crippen LogP contribution in [0.15, 0.2) is 18.2 Å². The molecule has 0 aromatic heterocycles. The third-order valence-corrected chi connectivity index (χ3v) is 21.8. The summed E-state index contributed by atoms with van der Waals surface area (Å²) in [5.41, 5.74) is -2.30. The first-order valence-electron chi connectivity index (χ1n) is 35.3. The van der Waals surface area contributed by atoms with Crippen molar-refractivity contribution >= 4 is 82.5 Å². The molecule has 98 heavy (non-hydrogen) atoms. The highest BCUT2D eigenvalue weighted by molar-refractivity contribution is 6.31. The summed E-state index contributed by atoms with van der Waals surface area (Å²) in [7, 11) is 8.55. The van der Waals surface area contributed by atoms with Gasteiger partial charge in [-0.3, -0.25) is 57.5 Å². The molecule has 7 rings (SSSR count). The molecule has 1 aromatic carbocycles. The number of aryl methyl sites for hydroxylation is 1.